The zero-order valence-corrected chi connectivity index (χ0v) is 27.5. The molecule has 0 fully saturated rings. The van der Waals surface area contributed by atoms with Gasteiger partial charge >= 0.3 is 19.8 Å². The third kappa shape index (κ3) is 31.5. The molecule has 0 aromatic heterocycles. The van der Waals surface area contributed by atoms with Crippen molar-refractivity contribution in [3.63, 3.8) is 0 Å². The van der Waals surface area contributed by atoms with E-state index in [1.54, 1.807) is 0 Å². The van der Waals surface area contributed by atoms with E-state index in [9.17, 15) is 14.2 Å². The summed E-state index contributed by atoms with van der Waals surface area (Å²) >= 11 is 0. The SMILES string of the molecule is CCCCCCCC/C=C/C/C=C/CCCCC(=O)O[C@H](COC(=O)CCCCCCCCCCC)COP(=O)(O)O. The largest absolute Gasteiger partial charge is 0.469 e. The first-order valence-electron chi connectivity index (χ1n) is 16.6. The van der Waals surface area contributed by atoms with Gasteiger partial charge in [0.15, 0.2) is 6.10 Å². The molecule has 0 unspecified atom stereocenters. The van der Waals surface area contributed by atoms with Gasteiger partial charge in [0.05, 0.1) is 6.61 Å². The van der Waals surface area contributed by atoms with E-state index in [2.05, 4.69) is 42.7 Å². The quantitative estimate of drug-likeness (QED) is 0.0355. The molecule has 0 saturated carbocycles. The molecule has 1 atom stereocenters. The molecular formula is C33H61O8P. The summed E-state index contributed by atoms with van der Waals surface area (Å²) in [5.41, 5.74) is 0. The summed E-state index contributed by atoms with van der Waals surface area (Å²) in [5.74, 6) is -0.926. The lowest BCUT2D eigenvalue weighted by molar-refractivity contribution is -0.161. The Morgan fingerprint density at radius 3 is 1.62 bits per heavy atom. The third-order valence-corrected chi connectivity index (χ3v) is 7.46. The van der Waals surface area contributed by atoms with Crippen molar-refractivity contribution in [2.75, 3.05) is 13.2 Å². The molecule has 0 bridgehead atoms. The van der Waals surface area contributed by atoms with Gasteiger partial charge in [0.1, 0.15) is 6.61 Å². The molecular weight excluding hydrogens is 555 g/mol. The van der Waals surface area contributed by atoms with Crippen LogP contribution in [0.15, 0.2) is 24.3 Å². The van der Waals surface area contributed by atoms with Gasteiger partial charge in [0.2, 0.25) is 0 Å². The molecule has 9 heteroatoms. The Hall–Kier alpha value is -1.47. The average Bonchev–Trinajstić information content (AvgIpc) is 2.95. The lowest BCUT2D eigenvalue weighted by atomic mass is 10.1. The smallest absolute Gasteiger partial charge is 0.462 e. The van der Waals surface area contributed by atoms with Gasteiger partial charge < -0.3 is 19.3 Å². The molecule has 42 heavy (non-hydrogen) atoms. The molecule has 0 radical (unpaired) electrons. The molecule has 8 nitrogen and oxygen atoms in total. The predicted molar refractivity (Wildman–Crippen MR) is 170 cm³/mol. The summed E-state index contributed by atoms with van der Waals surface area (Å²) in [6, 6.07) is 0. The number of hydrogen-bond acceptors (Lipinski definition) is 6. The van der Waals surface area contributed by atoms with E-state index < -0.39 is 32.5 Å². The van der Waals surface area contributed by atoms with E-state index in [4.69, 9.17) is 19.3 Å². The second kappa shape index (κ2) is 29.6. The van der Waals surface area contributed by atoms with E-state index in [1.807, 2.05) is 0 Å². The third-order valence-electron chi connectivity index (χ3n) is 6.97. The van der Waals surface area contributed by atoms with Gasteiger partial charge in [0, 0.05) is 12.8 Å². The number of ether oxygens (including phenoxy) is 2. The van der Waals surface area contributed by atoms with E-state index in [0.717, 1.165) is 44.9 Å². The summed E-state index contributed by atoms with van der Waals surface area (Å²) in [6.07, 6.45) is 30.5. The zero-order valence-electron chi connectivity index (χ0n) is 26.6. The van der Waals surface area contributed by atoms with E-state index in [-0.39, 0.29) is 19.4 Å². The summed E-state index contributed by atoms with van der Waals surface area (Å²) in [7, 11) is -4.75. The number of carbonyl (C=O) groups excluding carboxylic acids is 2. The van der Waals surface area contributed by atoms with Crippen molar-refractivity contribution in [2.45, 2.75) is 161 Å². The van der Waals surface area contributed by atoms with Crippen molar-refractivity contribution in [3.8, 4) is 0 Å². The number of rotatable bonds is 30. The maximum atomic E-state index is 12.3. The molecule has 0 spiro atoms. The van der Waals surface area contributed by atoms with Gasteiger partial charge in [-0.1, -0.05) is 122 Å². The minimum Gasteiger partial charge on any atom is -0.462 e. The van der Waals surface area contributed by atoms with Gasteiger partial charge in [-0.3, -0.25) is 14.1 Å². The van der Waals surface area contributed by atoms with Crippen molar-refractivity contribution >= 4 is 19.8 Å². The molecule has 0 aromatic carbocycles. The van der Waals surface area contributed by atoms with Gasteiger partial charge in [-0.05, 0) is 44.9 Å². The van der Waals surface area contributed by atoms with E-state index in [0.29, 0.717) is 6.42 Å². The van der Waals surface area contributed by atoms with Gasteiger partial charge in [-0.25, -0.2) is 4.57 Å². The summed E-state index contributed by atoms with van der Waals surface area (Å²) < 4.78 is 26.1. The highest BCUT2D eigenvalue weighted by molar-refractivity contribution is 7.46. The van der Waals surface area contributed by atoms with Crippen molar-refractivity contribution in [3.05, 3.63) is 24.3 Å². The summed E-state index contributed by atoms with van der Waals surface area (Å²) in [5, 5.41) is 0. The van der Waals surface area contributed by atoms with Gasteiger partial charge in [-0.15, -0.1) is 0 Å². The Balaban J connectivity index is 4.08. The summed E-state index contributed by atoms with van der Waals surface area (Å²) in [6.45, 7) is 3.60. The molecule has 0 aromatic rings. The van der Waals surface area contributed by atoms with Gasteiger partial charge in [0.25, 0.3) is 0 Å². The summed E-state index contributed by atoms with van der Waals surface area (Å²) in [4.78, 5) is 42.4. The first kappa shape index (κ1) is 40.5. The number of carbonyl (C=O) groups is 2. The van der Waals surface area contributed by atoms with Crippen molar-refractivity contribution < 1.29 is 37.9 Å². The van der Waals surface area contributed by atoms with Crippen LogP contribution in [0.1, 0.15) is 155 Å². The fraction of sp³-hybridized carbons (Fsp3) is 0.818. The molecule has 2 N–H and O–H groups in total. The highest BCUT2D eigenvalue weighted by Gasteiger charge is 2.22. The average molecular weight is 617 g/mol. The lowest BCUT2D eigenvalue weighted by Gasteiger charge is -2.18. The molecule has 0 aliphatic carbocycles. The zero-order chi connectivity index (χ0) is 31.2. The number of unbranched alkanes of at least 4 members (excludes halogenated alkanes) is 16. The van der Waals surface area contributed by atoms with Crippen molar-refractivity contribution in [1.82, 2.24) is 0 Å². The maximum Gasteiger partial charge on any atom is 0.469 e. The fourth-order valence-corrected chi connectivity index (χ4v) is 4.82. The first-order valence-corrected chi connectivity index (χ1v) is 18.2. The van der Waals surface area contributed by atoms with E-state index >= 15 is 0 Å². The Labute approximate surface area is 256 Å². The number of hydrogen-bond donors (Lipinski definition) is 2. The number of phosphoric ester groups is 1. The number of allylic oxidation sites excluding steroid dienone is 4. The van der Waals surface area contributed by atoms with Crippen LogP contribution in [0.4, 0.5) is 0 Å². The minimum atomic E-state index is -4.75. The van der Waals surface area contributed by atoms with Gasteiger partial charge in [-0.2, -0.15) is 0 Å². The second-order valence-corrected chi connectivity index (χ2v) is 12.4. The molecule has 246 valence electrons. The molecule has 0 heterocycles. The highest BCUT2D eigenvalue weighted by atomic mass is 31.2. The minimum absolute atomic E-state index is 0.171. The van der Waals surface area contributed by atoms with Crippen LogP contribution >= 0.6 is 7.82 Å². The number of phosphoric acid groups is 1. The molecule has 0 rings (SSSR count). The van der Waals surface area contributed by atoms with Crippen LogP contribution in [-0.4, -0.2) is 41.0 Å². The van der Waals surface area contributed by atoms with Crippen LogP contribution in [0.25, 0.3) is 0 Å². The van der Waals surface area contributed by atoms with Crippen molar-refractivity contribution in [2.24, 2.45) is 0 Å². The fourth-order valence-electron chi connectivity index (χ4n) is 4.46. The van der Waals surface area contributed by atoms with Crippen molar-refractivity contribution in [1.29, 1.82) is 0 Å². The molecule has 0 aliphatic rings. The first-order chi connectivity index (χ1) is 20.3. The maximum absolute atomic E-state index is 12.3. The van der Waals surface area contributed by atoms with Crippen LogP contribution in [-0.2, 0) is 28.2 Å². The topological polar surface area (TPSA) is 119 Å². The molecule has 0 aliphatic heterocycles. The number of esters is 2. The van der Waals surface area contributed by atoms with Crippen LogP contribution in [0.5, 0.6) is 0 Å². The second-order valence-electron chi connectivity index (χ2n) is 11.1. The Morgan fingerprint density at radius 1 is 0.619 bits per heavy atom. The monoisotopic (exact) mass is 616 g/mol. The molecule has 0 saturated heterocycles. The standard InChI is InChI=1S/C33H61O8P/c1-3-5-7-9-11-13-14-15-16-17-18-20-22-24-26-28-33(35)41-31(30-40-42(36,37)38)29-39-32(34)27-25-23-21-19-12-10-8-6-4-2/h15-16,18,20,31H,3-14,17,19,21-30H2,1-2H3,(H2,36,37,38)/b16-15+,20-18+/t31-/m1/s1. The lowest BCUT2D eigenvalue weighted by Crippen LogP contribution is -2.29. The molecule has 0 amide bonds. The van der Waals surface area contributed by atoms with Crippen LogP contribution < -0.4 is 0 Å². The van der Waals surface area contributed by atoms with E-state index in [1.165, 1.54) is 77.0 Å². The van der Waals surface area contributed by atoms with Crippen LogP contribution in [0, 0.1) is 0 Å². The highest BCUT2D eigenvalue weighted by Crippen LogP contribution is 2.35. The Morgan fingerprint density at radius 2 is 1.07 bits per heavy atom. The van der Waals surface area contributed by atoms with Crippen LogP contribution in [0.2, 0.25) is 0 Å². The Kier molecular flexibility index (Phi) is 28.6. The van der Waals surface area contributed by atoms with Crippen LogP contribution in [0.3, 0.4) is 0 Å². The predicted octanol–water partition coefficient (Wildman–Crippen LogP) is 9.29. The Bertz CT molecular complexity index is 746. The normalized spacial score (nSPS) is 12.8.